The Balaban J connectivity index is 1.66. The number of allylic oxidation sites excluding steroid dienone is 5. The number of anilines is 2. The monoisotopic (exact) mass is 395 g/mol. The van der Waals surface area contributed by atoms with E-state index >= 15 is 0 Å². The molecule has 1 heterocycles. The molecule has 1 aliphatic rings. The molecule has 2 N–H and O–H groups in total. The summed E-state index contributed by atoms with van der Waals surface area (Å²) in [5, 5.41) is 24.2. The third-order valence-corrected chi connectivity index (χ3v) is 4.58. The second-order valence-electron chi connectivity index (χ2n) is 6.58. The highest BCUT2D eigenvalue weighted by atomic mass is 16.5. The van der Waals surface area contributed by atoms with Gasteiger partial charge in [0.05, 0.1) is 18.5 Å². The topological polar surface area (TPSA) is 94.0 Å². The maximum Gasteiger partial charge on any atom is 0.227 e. The van der Waals surface area contributed by atoms with Crippen molar-refractivity contribution in [1.82, 2.24) is 9.97 Å². The van der Waals surface area contributed by atoms with Crippen LogP contribution < -0.4 is 15.2 Å². The molecular formula is C24H19N4O2-. The molecule has 1 aromatic heterocycles. The van der Waals surface area contributed by atoms with Gasteiger partial charge in [-0.05, 0) is 41.5 Å². The second-order valence-corrected chi connectivity index (χ2v) is 6.58. The summed E-state index contributed by atoms with van der Waals surface area (Å²) in [5.74, 6) is 0.962. The molecule has 6 nitrogen and oxygen atoms in total. The lowest BCUT2D eigenvalue weighted by Gasteiger charge is -2.20. The van der Waals surface area contributed by atoms with Crippen molar-refractivity contribution in [3.05, 3.63) is 102 Å². The average Bonchev–Trinajstić information content (AvgIpc) is 2.80. The lowest BCUT2D eigenvalue weighted by molar-refractivity contribution is -0.244. The molecule has 3 aromatic rings. The van der Waals surface area contributed by atoms with Crippen molar-refractivity contribution < 1.29 is 9.84 Å². The minimum atomic E-state index is -0.189. The number of hydrogen-bond acceptors (Lipinski definition) is 6. The molecule has 0 saturated heterocycles. The van der Waals surface area contributed by atoms with Crippen LogP contribution >= 0.6 is 0 Å². The van der Waals surface area contributed by atoms with Gasteiger partial charge in [-0.25, -0.2) is 9.97 Å². The highest BCUT2D eigenvalue weighted by Crippen LogP contribution is 2.26. The Bertz CT molecular complexity index is 1180. The van der Waals surface area contributed by atoms with E-state index in [2.05, 4.69) is 15.3 Å². The molecule has 0 fully saturated rings. The molecule has 0 spiro atoms. The Hall–Kier alpha value is -4.19. The first-order valence-electron chi connectivity index (χ1n) is 9.34. The minimum Gasteiger partial charge on any atom is -0.872 e. The number of hydrogen-bond donors (Lipinski definition) is 2. The van der Waals surface area contributed by atoms with E-state index in [1.54, 1.807) is 49.7 Å². The Morgan fingerprint density at radius 1 is 1.03 bits per heavy atom. The van der Waals surface area contributed by atoms with Crippen LogP contribution in [0, 0.1) is 5.41 Å². The van der Waals surface area contributed by atoms with Crippen molar-refractivity contribution in [3.8, 4) is 5.75 Å². The molecule has 148 valence electrons. The van der Waals surface area contributed by atoms with Gasteiger partial charge in [0.15, 0.2) is 0 Å². The van der Waals surface area contributed by atoms with E-state index in [-0.39, 0.29) is 11.5 Å². The maximum absolute atomic E-state index is 12.8. The Kier molecular flexibility index (Phi) is 5.39. The van der Waals surface area contributed by atoms with E-state index < -0.39 is 0 Å². The van der Waals surface area contributed by atoms with Crippen LogP contribution in [-0.2, 0) is 0 Å². The number of aromatic nitrogens is 2. The molecule has 2 aromatic carbocycles. The first-order chi connectivity index (χ1) is 14.6. The summed E-state index contributed by atoms with van der Waals surface area (Å²) >= 11 is 0. The van der Waals surface area contributed by atoms with Gasteiger partial charge in [-0.3, -0.25) is 0 Å². The zero-order chi connectivity index (χ0) is 20.9. The van der Waals surface area contributed by atoms with Crippen molar-refractivity contribution >= 4 is 28.7 Å². The number of ether oxygens (including phenoxy) is 1. The Labute approximate surface area is 174 Å². The van der Waals surface area contributed by atoms with Crippen molar-refractivity contribution in [2.24, 2.45) is 0 Å². The smallest absolute Gasteiger partial charge is 0.227 e. The molecule has 1 aliphatic carbocycles. The second kappa shape index (κ2) is 8.45. The van der Waals surface area contributed by atoms with Gasteiger partial charge in [-0.2, -0.15) is 0 Å². The SMILES string of the molecule is COc1cccc(Nc2nccc(C3=C/C(=C(/[O-])c4ccccc4)C(=N)C=C3)n2)c1. The van der Waals surface area contributed by atoms with Gasteiger partial charge >= 0.3 is 0 Å². The van der Waals surface area contributed by atoms with Gasteiger partial charge in [0, 0.05) is 23.5 Å². The molecule has 0 aliphatic heterocycles. The molecule has 30 heavy (non-hydrogen) atoms. The number of nitrogens with zero attached hydrogens (tertiary/aromatic N) is 2. The predicted octanol–water partition coefficient (Wildman–Crippen LogP) is 3.97. The van der Waals surface area contributed by atoms with Crippen molar-refractivity contribution in [2.75, 3.05) is 12.4 Å². The molecule has 4 rings (SSSR count). The number of methoxy groups -OCH3 is 1. The molecule has 0 bridgehead atoms. The quantitative estimate of drug-likeness (QED) is 0.638. The lowest BCUT2D eigenvalue weighted by atomic mass is 9.95. The zero-order valence-electron chi connectivity index (χ0n) is 16.3. The fourth-order valence-electron chi connectivity index (χ4n) is 3.05. The van der Waals surface area contributed by atoms with Crippen LogP contribution in [0.25, 0.3) is 11.3 Å². The predicted molar refractivity (Wildman–Crippen MR) is 117 cm³/mol. The Morgan fingerprint density at radius 2 is 1.87 bits per heavy atom. The van der Waals surface area contributed by atoms with E-state index in [9.17, 15) is 5.11 Å². The largest absolute Gasteiger partial charge is 0.872 e. The first-order valence-corrected chi connectivity index (χ1v) is 9.34. The summed E-state index contributed by atoms with van der Waals surface area (Å²) in [6.07, 6.45) is 6.75. The van der Waals surface area contributed by atoms with E-state index in [0.29, 0.717) is 22.8 Å². The molecule has 0 unspecified atom stereocenters. The van der Waals surface area contributed by atoms with Crippen LogP contribution in [0.3, 0.4) is 0 Å². The fraction of sp³-hybridized carbons (Fsp3) is 0.0417. The fourth-order valence-corrected chi connectivity index (χ4v) is 3.05. The first kappa shape index (κ1) is 19.1. The van der Waals surface area contributed by atoms with Crippen molar-refractivity contribution in [3.63, 3.8) is 0 Å². The van der Waals surface area contributed by atoms with Gasteiger partial charge in [-0.1, -0.05) is 48.2 Å². The van der Waals surface area contributed by atoms with Gasteiger partial charge in [0.2, 0.25) is 5.95 Å². The Morgan fingerprint density at radius 3 is 2.67 bits per heavy atom. The maximum atomic E-state index is 12.8. The zero-order valence-corrected chi connectivity index (χ0v) is 16.3. The summed E-state index contributed by atoms with van der Waals surface area (Å²) in [4.78, 5) is 8.83. The van der Waals surface area contributed by atoms with E-state index in [1.165, 1.54) is 0 Å². The van der Waals surface area contributed by atoms with E-state index in [0.717, 1.165) is 17.0 Å². The summed E-state index contributed by atoms with van der Waals surface area (Å²) in [6.45, 7) is 0. The normalized spacial score (nSPS) is 14.8. The van der Waals surface area contributed by atoms with Crippen LogP contribution in [0.1, 0.15) is 11.3 Å². The van der Waals surface area contributed by atoms with Gasteiger partial charge in [0.25, 0.3) is 0 Å². The standard InChI is InChI=1S/C24H20N4O2/c1-30-19-9-5-8-18(15-19)27-24-26-13-12-22(28-24)17-10-11-21(25)20(14-17)23(29)16-6-3-2-4-7-16/h2-15,25,29H,1H3,(H,26,27,28)/p-1/b23-20-,25-21?. The summed E-state index contributed by atoms with van der Waals surface area (Å²) in [6, 6.07) is 18.2. The van der Waals surface area contributed by atoms with Crippen LogP contribution in [0.4, 0.5) is 11.6 Å². The molecule has 0 radical (unpaired) electrons. The van der Waals surface area contributed by atoms with Crippen LogP contribution in [0.15, 0.2) is 90.7 Å². The van der Waals surface area contributed by atoms with Gasteiger partial charge in [-0.15, -0.1) is 0 Å². The van der Waals surface area contributed by atoms with Gasteiger partial charge < -0.3 is 20.6 Å². The van der Waals surface area contributed by atoms with Gasteiger partial charge in [0.1, 0.15) is 5.75 Å². The molecule has 6 heteroatoms. The minimum absolute atomic E-state index is 0.177. The van der Waals surface area contributed by atoms with E-state index in [1.807, 2.05) is 42.5 Å². The van der Waals surface area contributed by atoms with E-state index in [4.69, 9.17) is 10.1 Å². The van der Waals surface area contributed by atoms with Crippen molar-refractivity contribution in [2.45, 2.75) is 0 Å². The summed E-state index contributed by atoms with van der Waals surface area (Å²) in [7, 11) is 1.61. The lowest BCUT2D eigenvalue weighted by Crippen LogP contribution is -2.12. The molecular weight excluding hydrogens is 376 g/mol. The number of rotatable bonds is 5. The van der Waals surface area contributed by atoms with Crippen LogP contribution in [0.2, 0.25) is 0 Å². The molecule has 0 atom stereocenters. The van der Waals surface area contributed by atoms with Crippen LogP contribution in [0.5, 0.6) is 5.75 Å². The third-order valence-electron chi connectivity index (χ3n) is 4.58. The highest BCUT2D eigenvalue weighted by Gasteiger charge is 2.12. The van der Waals surface area contributed by atoms with Crippen molar-refractivity contribution in [1.29, 1.82) is 5.41 Å². The summed E-state index contributed by atoms with van der Waals surface area (Å²) < 4.78 is 5.24. The third kappa shape index (κ3) is 4.12. The number of benzene rings is 2. The summed E-state index contributed by atoms with van der Waals surface area (Å²) in [5.41, 5.74) is 3.24. The average molecular weight is 395 g/mol. The van der Waals surface area contributed by atoms with Crippen LogP contribution in [-0.4, -0.2) is 22.8 Å². The molecule has 0 amide bonds. The number of nitrogens with one attached hydrogen (secondary N) is 2. The molecule has 0 saturated carbocycles. The highest BCUT2D eigenvalue weighted by molar-refractivity contribution is 6.16.